The van der Waals surface area contributed by atoms with Gasteiger partial charge < -0.3 is 0 Å². The summed E-state index contributed by atoms with van der Waals surface area (Å²) in [6.45, 7) is 0. The van der Waals surface area contributed by atoms with Gasteiger partial charge in [-0.2, -0.15) is 36.4 Å². The van der Waals surface area contributed by atoms with Crippen LogP contribution in [0.5, 0.6) is 0 Å². The van der Waals surface area contributed by atoms with E-state index in [2.05, 4.69) is 0 Å². The van der Waals surface area contributed by atoms with Crippen molar-refractivity contribution in [2.75, 3.05) is 0 Å². The van der Waals surface area contributed by atoms with Crippen LogP contribution in [0.4, 0.5) is 0 Å². The Morgan fingerprint density at radius 3 is 0.929 bits per heavy atom. The van der Waals surface area contributed by atoms with Crippen molar-refractivity contribution in [1.82, 2.24) is 0 Å². The summed E-state index contributed by atoms with van der Waals surface area (Å²) in [5.74, 6) is 0. The molecule has 0 heterocycles. The molecule has 0 radical (unpaired) electrons. The third kappa shape index (κ3) is 14.8. The fourth-order valence-corrected chi connectivity index (χ4v) is 0.642. The Kier molecular flexibility index (Phi) is 11.6. The summed E-state index contributed by atoms with van der Waals surface area (Å²) in [6, 6.07) is 20.0. The van der Waals surface area contributed by atoms with Crippen molar-refractivity contribution in [2.45, 2.75) is 0 Å². The maximum atomic E-state index is 5.01. The van der Waals surface area contributed by atoms with Crippen LogP contribution in [-0.4, -0.2) is 0 Å². The zero-order valence-electron chi connectivity index (χ0n) is 7.35. The molecule has 14 heavy (non-hydrogen) atoms. The minimum Gasteiger partial charge on any atom is -0.214 e. The van der Waals surface area contributed by atoms with Gasteiger partial charge in [0.25, 0.3) is 0 Å². The molecule has 0 saturated carbocycles. The molecule has 0 aromatic heterocycles. The summed E-state index contributed by atoms with van der Waals surface area (Å²) in [6.07, 6.45) is 0. The van der Waals surface area contributed by atoms with Crippen molar-refractivity contribution in [3.8, 4) is 0 Å². The van der Waals surface area contributed by atoms with Gasteiger partial charge in [0.05, 0.1) is 0 Å². The quantitative estimate of drug-likeness (QED) is 0.536. The monoisotopic (exact) mass is 416 g/mol. The second-order valence-electron chi connectivity index (χ2n) is 2.12. The van der Waals surface area contributed by atoms with Gasteiger partial charge in [-0.3, -0.25) is 0 Å². The van der Waals surface area contributed by atoms with Gasteiger partial charge in [-0.05, 0) is 0 Å². The molecule has 2 rings (SSSR count). The van der Waals surface area contributed by atoms with Gasteiger partial charge >= 0.3 is 42.8 Å². The summed E-state index contributed by atoms with van der Waals surface area (Å²) >= 11 is -2.18. The fourth-order valence-electron chi connectivity index (χ4n) is 0.642. The first-order valence-corrected chi connectivity index (χ1v) is 15.8. The molecule has 0 aliphatic rings. The minimum absolute atomic E-state index is 2.00. The summed E-state index contributed by atoms with van der Waals surface area (Å²) in [4.78, 5) is 0. The van der Waals surface area contributed by atoms with Gasteiger partial charge in [0.2, 0.25) is 0 Å². The van der Waals surface area contributed by atoms with E-state index >= 15 is 0 Å². The van der Waals surface area contributed by atoms with Crippen LogP contribution in [0, 0.1) is 0 Å². The third-order valence-corrected chi connectivity index (χ3v) is 1.11. The average Bonchev–Trinajstić information content (AvgIpc) is 2.83. The van der Waals surface area contributed by atoms with Gasteiger partial charge in [-0.1, -0.05) is 0 Å². The maximum absolute atomic E-state index is 5.01. The second kappa shape index (κ2) is 11.4. The third-order valence-electron chi connectivity index (χ3n) is 1.11. The van der Waals surface area contributed by atoms with Crippen molar-refractivity contribution in [3.63, 3.8) is 0 Å². The molecule has 4 heteroatoms. The molecule has 2 aromatic rings. The predicted octanol–water partition coefficient (Wildman–Crippen LogP) is 4.88. The van der Waals surface area contributed by atoms with Crippen LogP contribution in [0.15, 0.2) is 60.7 Å². The Morgan fingerprint density at radius 1 is 0.643 bits per heavy atom. The molecule has 0 bridgehead atoms. The van der Waals surface area contributed by atoms with Crippen LogP contribution < -0.4 is 0 Å². The van der Waals surface area contributed by atoms with Crippen molar-refractivity contribution in [2.24, 2.45) is 0 Å². The number of hydrogen-bond acceptors (Lipinski definition) is 0. The van der Waals surface area contributed by atoms with Gasteiger partial charge in [0.1, 0.15) is 0 Å². The van der Waals surface area contributed by atoms with Gasteiger partial charge in [0, 0.05) is 0 Å². The summed E-state index contributed by atoms with van der Waals surface area (Å²) < 4.78 is 0. The Morgan fingerprint density at radius 2 is 0.857 bits per heavy atom. The van der Waals surface area contributed by atoms with E-state index in [1.807, 2.05) is 60.7 Å². The largest absolute Gasteiger partial charge is 0.214 e. The first-order chi connectivity index (χ1) is 6.73. The molecular formula is C10H10Cl3Ta-2. The molecule has 0 amide bonds. The van der Waals surface area contributed by atoms with Crippen LogP contribution in [-0.2, 0) is 15.2 Å². The van der Waals surface area contributed by atoms with Crippen molar-refractivity contribution < 1.29 is 15.2 Å². The first-order valence-electron chi connectivity index (χ1n) is 3.84. The zero-order valence-corrected chi connectivity index (χ0v) is 12.8. The van der Waals surface area contributed by atoms with Crippen LogP contribution in [0.3, 0.4) is 0 Å². The Bertz CT molecular complexity index is 187. The van der Waals surface area contributed by atoms with E-state index in [1.54, 1.807) is 0 Å². The SMILES string of the molecule is [Cl][Ta]([Cl])[Cl].c1cc[cH-]c1.c1cc[cH-]c1. The molecule has 0 nitrogen and oxygen atoms in total. The van der Waals surface area contributed by atoms with E-state index in [9.17, 15) is 0 Å². The standard InChI is InChI=1S/2C5H5.3ClH.Ta/c2*1-2-4-5-3-1;;;;/h2*1-5H;3*1H;/q2*-1;;;;+3/p-3. The number of halogens is 3. The van der Waals surface area contributed by atoms with Crippen LogP contribution in [0.1, 0.15) is 0 Å². The van der Waals surface area contributed by atoms with Gasteiger partial charge in [0.15, 0.2) is 0 Å². The Hall–Kier alpha value is 0.310. The molecule has 0 saturated heterocycles. The fraction of sp³-hybridized carbons (Fsp3) is 0. The summed E-state index contributed by atoms with van der Waals surface area (Å²) in [5, 5.41) is 0. The van der Waals surface area contributed by atoms with E-state index in [0.717, 1.165) is 0 Å². The molecule has 78 valence electrons. The molecule has 0 aliphatic heterocycles. The normalized spacial score (nSPS) is 8.29. The van der Waals surface area contributed by atoms with E-state index < -0.39 is 15.2 Å². The molecular weight excluding hydrogens is 407 g/mol. The number of hydrogen-bond donors (Lipinski definition) is 0. The van der Waals surface area contributed by atoms with Crippen molar-refractivity contribution in [3.05, 3.63) is 60.7 Å². The molecule has 0 N–H and O–H groups in total. The van der Waals surface area contributed by atoms with Crippen molar-refractivity contribution >= 4 is 27.6 Å². The van der Waals surface area contributed by atoms with Gasteiger partial charge in [-0.15, -0.1) is 0 Å². The Balaban J connectivity index is 0.000000183. The number of rotatable bonds is 0. The van der Waals surface area contributed by atoms with E-state index in [0.29, 0.717) is 0 Å². The summed E-state index contributed by atoms with van der Waals surface area (Å²) in [5.41, 5.74) is 0. The van der Waals surface area contributed by atoms with Gasteiger partial charge in [-0.25, -0.2) is 24.3 Å². The maximum Gasteiger partial charge on any atom is -0.172 e. The molecule has 0 aliphatic carbocycles. The van der Waals surface area contributed by atoms with Crippen LogP contribution in [0.2, 0.25) is 0 Å². The molecule has 0 spiro atoms. The Labute approximate surface area is 103 Å². The molecule has 2 aromatic carbocycles. The molecule has 0 atom stereocenters. The zero-order chi connectivity index (χ0) is 10.6. The predicted molar refractivity (Wildman–Crippen MR) is 61.6 cm³/mol. The second-order valence-corrected chi connectivity index (χ2v) is 16.0. The van der Waals surface area contributed by atoms with E-state index in [-0.39, 0.29) is 0 Å². The van der Waals surface area contributed by atoms with Crippen LogP contribution >= 0.6 is 27.6 Å². The van der Waals surface area contributed by atoms with Crippen LogP contribution in [0.25, 0.3) is 0 Å². The average molecular weight is 417 g/mol. The van der Waals surface area contributed by atoms with Crippen molar-refractivity contribution in [1.29, 1.82) is 0 Å². The topological polar surface area (TPSA) is 0 Å². The first kappa shape index (κ1) is 14.3. The van der Waals surface area contributed by atoms with E-state index in [1.165, 1.54) is 0 Å². The minimum atomic E-state index is -2.18. The molecule has 0 unspecified atom stereocenters. The smallest absolute Gasteiger partial charge is 0.172 e. The molecule has 0 fully saturated rings. The summed E-state index contributed by atoms with van der Waals surface area (Å²) in [7, 11) is 15.0. The van der Waals surface area contributed by atoms with E-state index in [4.69, 9.17) is 27.6 Å².